The molecule has 2 aromatic carbocycles. The molecule has 0 aromatic heterocycles. The summed E-state index contributed by atoms with van der Waals surface area (Å²) in [5.41, 5.74) is 5.62. The molecule has 0 unspecified atom stereocenters. The van der Waals surface area contributed by atoms with Gasteiger partial charge in [-0.1, -0.05) is 23.8 Å². The van der Waals surface area contributed by atoms with Crippen molar-refractivity contribution in [1.29, 1.82) is 0 Å². The number of hydrogen-bond donors (Lipinski definition) is 2. The maximum atomic E-state index is 12.4. The van der Waals surface area contributed by atoms with E-state index in [1.165, 1.54) is 0 Å². The van der Waals surface area contributed by atoms with E-state index in [9.17, 15) is 9.59 Å². The van der Waals surface area contributed by atoms with Gasteiger partial charge in [-0.05, 0) is 56.5 Å². The van der Waals surface area contributed by atoms with Gasteiger partial charge in [0.25, 0.3) is 5.91 Å². The molecule has 3 rings (SSSR count). The first-order valence-corrected chi connectivity index (χ1v) is 8.29. The first kappa shape index (κ1) is 17.0. The second kappa shape index (κ2) is 6.59. The molecule has 1 atom stereocenters. The highest BCUT2D eigenvalue weighted by molar-refractivity contribution is 6.02. The molecule has 2 amide bonds. The number of hydrogen-bond acceptors (Lipinski definition) is 3. The zero-order valence-corrected chi connectivity index (χ0v) is 14.9. The largest absolute Gasteiger partial charge is 0.478 e. The lowest BCUT2D eigenvalue weighted by Crippen LogP contribution is -2.39. The lowest BCUT2D eigenvalue weighted by atomic mass is 10.0. The van der Waals surface area contributed by atoms with E-state index in [1.807, 2.05) is 58.0 Å². The van der Waals surface area contributed by atoms with Gasteiger partial charge in [-0.3, -0.25) is 9.59 Å². The zero-order valence-electron chi connectivity index (χ0n) is 14.9. The van der Waals surface area contributed by atoms with Crippen molar-refractivity contribution >= 4 is 23.2 Å². The van der Waals surface area contributed by atoms with Crippen LogP contribution in [0.2, 0.25) is 0 Å². The highest BCUT2D eigenvalue weighted by Gasteiger charge is 2.30. The van der Waals surface area contributed by atoms with Crippen molar-refractivity contribution in [3.8, 4) is 5.75 Å². The van der Waals surface area contributed by atoms with Crippen LogP contribution in [0.15, 0.2) is 30.3 Å². The van der Waals surface area contributed by atoms with E-state index in [0.29, 0.717) is 11.4 Å². The van der Waals surface area contributed by atoms with Crippen molar-refractivity contribution in [3.63, 3.8) is 0 Å². The van der Waals surface area contributed by atoms with Gasteiger partial charge in [0.15, 0.2) is 6.10 Å². The molecule has 130 valence electrons. The van der Waals surface area contributed by atoms with Crippen LogP contribution in [0.1, 0.15) is 28.7 Å². The summed E-state index contributed by atoms with van der Waals surface area (Å²) in [6, 6.07) is 9.61. The third-order valence-electron chi connectivity index (χ3n) is 4.27. The third-order valence-corrected chi connectivity index (χ3v) is 4.27. The fourth-order valence-corrected chi connectivity index (χ4v) is 3.13. The fraction of sp³-hybridized carbons (Fsp3) is 0.300. The van der Waals surface area contributed by atoms with Crippen LogP contribution in [0.5, 0.6) is 5.75 Å². The molecule has 1 heterocycles. The van der Waals surface area contributed by atoms with Crippen molar-refractivity contribution in [1.82, 2.24) is 0 Å². The van der Waals surface area contributed by atoms with Crippen molar-refractivity contribution < 1.29 is 14.3 Å². The Bertz CT molecular complexity index is 835. The second-order valence-electron chi connectivity index (χ2n) is 6.62. The molecule has 0 radical (unpaired) electrons. The highest BCUT2D eigenvalue weighted by atomic mass is 16.5. The number of ether oxygens (including phenoxy) is 1. The van der Waals surface area contributed by atoms with E-state index in [-0.39, 0.29) is 18.2 Å². The Balaban J connectivity index is 1.71. The average Bonchev–Trinajstić information content (AvgIpc) is 2.52. The van der Waals surface area contributed by atoms with Gasteiger partial charge in [-0.25, -0.2) is 0 Å². The second-order valence-corrected chi connectivity index (χ2v) is 6.62. The molecule has 5 heteroatoms. The van der Waals surface area contributed by atoms with E-state index in [2.05, 4.69) is 10.6 Å². The molecule has 1 aliphatic rings. The Morgan fingerprint density at radius 1 is 1.08 bits per heavy atom. The van der Waals surface area contributed by atoms with Gasteiger partial charge in [0.1, 0.15) is 5.75 Å². The summed E-state index contributed by atoms with van der Waals surface area (Å²) in [7, 11) is 0. The minimum absolute atomic E-state index is 0.0358. The van der Waals surface area contributed by atoms with E-state index >= 15 is 0 Å². The summed E-state index contributed by atoms with van der Waals surface area (Å²) in [4.78, 5) is 24.6. The van der Waals surface area contributed by atoms with Gasteiger partial charge >= 0.3 is 0 Å². The number of carbonyl (C=O) groups is 2. The molecule has 0 fully saturated rings. The third kappa shape index (κ3) is 3.65. The molecule has 0 bridgehead atoms. The number of amides is 2. The van der Waals surface area contributed by atoms with Gasteiger partial charge < -0.3 is 15.4 Å². The van der Waals surface area contributed by atoms with E-state index in [1.54, 1.807) is 0 Å². The van der Waals surface area contributed by atoms with Crippen LogP contribution in [0.25, 0.3) is 0 Å². The average molecular weight is 338 g/mol. The predicted molar refractivity (Wildman–Crippen MR) is 98.1 cm³/mol. The maximum absolute atomic E-state index is 12.4. The molecular formula is C20H22N2O3. The summed E-state index contributed by atoms with van der Waals surface area (Å²) in [6.07, 6.45) is -0.868. The normalized spacial score (nSPS) is 15.8. The summed E-state index contributed by atoms with van der Waals surface area (Å²) in [5.74, 6) is 0.0436. The van der Waals surface area contributed by atoms with Crippen molar-refractivity contribution in [3.05, 3.63) is 52.6 Å². The maximum Gasteiger partial charge on any atom is 0.266 e. The summed E-state index contributed by atoms with van der Waals surface area (Å²) in [5, 5.41) is 5.71. The molecule has 0 aliphatic carbocycles. The Hall–Kier alpha value is -2.82. The van der Waals surface area contributed by atoms with E-state index in [0.717, 1.165) is 27.9 Å². The van der Waals surface area contributed by atoms with E-state index in [4.69, 9.17) is 4.74 Å². The monoisotopic (exact) mass is 338 g/mol. The Morgan fingerprint density at radius 3 is 2.44 bits per heavy atom. The SMILES string of the molecule is Cc1cc(C)c(NC(=O)C[C@@H]2Oc3ccc(C)cc3NC2=O)c(C)c1. The van der Waals surface area contributed by atoms with Crippen molar-refractivity contribution in [2.75, 3.05) is 10.6 Å². The van der Waals surface area contributed by atoms with Gasteiger partial charge in [0, 0.05) is 5.69 Å². The van der Waals surface area contributed by atoms with Crippen LogP contribution in [0, 0.1) is 27.7 Å². The summed E-state index contributed by atoms with van der Waals surface area (Å²) < 4.78 is 5.71. The molecule has 1 aliphatic heterocycles. The van der Waals surface area contributed by atoms with Crippen molar-refractivity contribution in [2.45, 2.75) is 40.2 Å². The molecule has 0 saturated heterocycles. The van der Waals surface area contributed by atoms with Crippen LogP contribution in [-0.4, -0.2) is 17.9 Å². The number of aryl methyl sites for hydroxylation is 4. The molecule has 25 heavy (non-hydrogen) atoms. The standard InChI is InChI=1S/C20H22N2O3/c1-11-5-6-16-15(9-11)21-20(24)17(25-16)10-18(23)22-19-13(3)7-12(2)8-14(19)4/h5-9,17H,10H2,1-4H3,(H,21,24)(H,22,23)/t17-/m0/s1. The van der Waals surface area contributed by atoms with Crippen molar-refractivity contribution in [2.24, 2.45) is 0 Å². The van der Waals surface area contributed by atoms with Crippen LogP contribution in [0.4, 0.5) is 11.4 Å². The van der Waals surface area contributed by atoms with Crippen LogP contribution >= 0.6 is 0 Å². The Kier molecular flexibility index (Phi) is 4.49. The van der Waals surface area contributed by atoms with Gasteiger partial charge in [0.05, 0.1) is 12.1 Å². The fourth-order valence-electron chi connectivity index (χ4n) is 3.13. The van der Waals surface area contributed by atoms with Crippen LogP contribution in [0.3, 0.4) is 0 Å². The van der Waals surface area contributed by atoms with Crippen LogP contribution in [-0.2, 0) is 9.59 Å². The summed E-state index contributed by atoms with van der Waals surface area (Å²) >= 11 is 0. The number of benzene rings is 2. The highest BCUT2D eigenvalue weighted by Crippen LogP contribution is 2.31. The van der Waals surface area contributed by atoms with Crippen LogP contribution < -0.4 is 15.4 Å². The van der Waals surface area contributed by atoms with Gasteiger partial charge in [-0.2, -0.15) is 0 Å². The lowest BCUT2D eigenvalue weighted by Gasteiger charge is -2.26. The molecule has 0 saturated carbocycles. The number of rotatable bonds is 3. The molecule has 2 aromatic rings. The topological polar surface area (TPSA) is 67.4 Å². The van der Waals surface area contributed by atoms with Gasteiger partial charge in [-0.15, -0.1) is 0 Å². The summed E-state index contributed by atoms with van der Waals surface area (Å²) in [6.45, 7) is 7.87. The zero-order chi connectivity index (χ0) is 18.1. The number of nitrogens with one attached hydrogen (secondary N) is 2. The Labute approximate surface area is 147 Å². The lowest BCUT2D eigenvalue weighted by molar-refractivity contribution is -0.128. The number of fused-ring (bicyclic) bond motifs is 1. The van der Waals surface area contributed by atoms with Gasteiger partial charge in [0.2, 0.25) is 5.91 Å². The number of anilines is 2. The first-order chi connectivity index (χ1) is 11.8. The minimum atomic E-state index is -0.832. The quantitative estimate of drug-likeness (QED) is 0.898. The first-order valence-electron chi connectivity index (χ1n) is 8.29. The molecular weight excluding hydrogens is 316 g/mol. The number of carbonyl (C=O) groups excluding carboxylic acids is 2. The molecule has 0 spiro atoms. The predicted octanol–water partition coefficient (Wildman–Crippen LogP) is 3.65. The Morgan fingerprint density at radius 2 is 1.76 bits per heavy atom. The molecule has 5 nitrogen and oxygen atoms in total. The molecule has 2 N–H and O–H groups in total. The van der Waals surface area contributed by atoms with E-state index < -0.39 is 6.10 Å². The minimum Gasteiger partial charge on any atom is -0.478 e. The smallest absolute Gasteiger partial charge is 0.266 e.